The van der Waals surface area contributed by atoms with E-state index in [2.05, 4.69) is 4.90 Å². The molecule has 3 fully saturated rings. The summed E-state index contributed by atoms with van der Waals surface area (Å²) in [6, 6.07) is 0. The summed E-state index contributed by atoms with van der Waals surface area (Å²) in [6.45, 7) is 2.63. The zero-order chi connectivity index (χ0) is 15.1. The van der Waals surface area contributed by atoms with Gasteiger partial charge in [-0.05, 0) is 63.2 Å². The molecular formula is C16H27F3N2. The number of hydrogen-bond acceptors (Lipinski definition) is 2. The van der Waals surface area contributed by atoms with E-state index in [0.29, 0.717) is 19.4 Å². The first-order valence-corrected chi connectivity index (χ1v) is 8.45. The van der Waals surface area contributed by atoms with Crippen LogP contribution in [0.3, 0.4) is 0 Å². The molecular weight excluding hydrogens is 277 g/mol. The Morgan fingerprint density at radius 2 is 1.38 bits per heavy atom. The molecule has 0 radical (unpaired) electrons. The standard InChI is InChI=1S/C16H27F3N2/c17-16(18,19)14-5-7-15(11-20,8-6-14)21(9-12-1-2-12)10-13-3-4-13/h12-14H,1-11,20H2. The fraction of sp³-hybridized carbons (Fsp3) is 1.00. The molecule has 0 spiro atoms. The van der Waals surface area contributed by atoms with Gasteiger partial charge in [-0.3, -0.25) is 4.90 Å². The van der Waals surface area contributed by atoms with E-state index < -0.39 is 12.1 Å². The Bertz CT molecular complexity index is 339. The van der Waals surface area contributed by atoms with Gasteiger partial charge in [0.05, 0.1) is 5.92 Å². The van der Waals surface area contributed by atoms with Crippen molar-refractivity contribution in [3.63, 3.8) is 0 Å². The molecule has 3 aliphatic rings. The molecule has 5 heteroatoms. The minimum Gasteiger partial charge on any atom is -0.329 e. The zero-order valence-electron chi connectivity index (χ0n) is 12.7. The van der Waals surface area contributed by atoms with Crippen molar-refractivity contribution < 1.29 is 13.2 Å². The van der Waals surface area contributed by atoms with Crippen molar-refractivity contribution in [2.45, 2.75) is 63.1 Å². The molecule has 2 N–H and O–H groups in total. The highest BCUT2D eigenvalue weighted by Gasteiger charge is 2.48. The smallest absolute Gasteiger partial charge is 0.329 e. The highest BCUT2D eigenvalue weighted by atomic mass is 19.4. The minimum absolute atomic E-state index is 0.160. The first-order valence-electron chi connectivity index (χ1n) is 8.45. The molecule has 0 amide bonds. The molecule has 0 aliphatic heterocycles. The number of nitrogens with zero attached hydrogens (tertiary/aromatic N) is 1. The highest BCUT2D eigenvalue weighted by Crippen LogP contribution is 2.45. The van der Waals surface area contributed by atoms with Gasteiger partial charge in [-0.25, -0.2) is 0 Å². The molecule has 2 nitrogen and oxygen atoms in total. The molecule has 3 saturated carbocycles. The van der Waals surface area contributed by atoms with Crippen LogP contribution in [0.25, 0.3) is 0 Å². The van der Waals surface area contributed by atoms with Gasteiger partial charge in [0.15, 0.2) is 0 Å². The lowest BCUT2D eigenvalue weighted by Gasteiger charge is -2.48. The maximum atomic E-state index is 12.9. The average Bonchev–Trinajstić information content (AvgIpc) is 3.32. The molecule has 0 bridgehead atoms. The Balaban J connectivity index is 1.65. The maximum Gasteiger partial charge on any atom is 0.391 e. The van der Waals surface area contributed by atoms with Gasteiger partial charge in [0.2, 0.25) is 0 Å². The lowest BCUT2D eigenvalue weighted by atomic mass is 9.74. The third-order valence-corrected chi connectivity index (χ3v) is 5.78. The van der Waals surface area contributed by atoms with Crippen molar-refractivity contribution in [1.82, 2.24) is 4.90 Å². The van der Waals surface area contributed by atoms with E-state index in [1.807, 2.05) is 0 Å². The SMILES string of the molecule is NCC1(N(CC2CC2)CC2CC2)CCC(C(F)(F)F)CC1. The number of alkyl halides is 3. The van der Waals surface area contributed by atoms with E-state index in [0.717, 1.165) is 24.9 Å². The van der Waals surface area contributed by atoms with Crippen LogP contribution in [0.5, 0.6) is 0 Å². The summed E-state index contributed by atoms with van der Waals surface area (Å²) in [5, 5.41) is 0. The van der Waals surface area contributed by atoms with Crippen molar-refractivity contribution in [1.29, 1.82) is 0 Å². The van der Waals surface area contributed by atoms with E-state index >= 15 is 0 Å². The predicted octanol–water partition coefficient (Wildman–Crippen LogP) is 3.56. The average molecular weight is 304 g/mol. The molecule has 122 valence electrons. The first-order chi connectivity index (χ1) is 9.93. The number of rotatable bonds is 6. The summed E-state index contributed by atoms with van der Waals surface area (Å²) in [5.41, 5.74) is 5.90. The predicted molar refractivity (Wildman–Crippen MR) is 76.8 cm³/mol. The maximum absolute atomic E-state index is 12.9. The monoisotopic (exact) mass is 304 g/mol. The second-order valence-electron chi connectivity index (χ2n) is 7.54. The van der Waals surface area contributed by atoms with Gasteiger partial charge in [0.1, 0.15) is 0 Å². The Kier molecular flexibility index (Phi) is 4.25. The van der Waals surface area contributed by atoms with Crippen LogP contribution in [0, 0.1) is 17.8 Å². The van der Waals surface area contributed by atoms with Crippen molar-refractivity contribution in [3.8, 4) is 0 Å². The van der Waals surface area contributed by atoms with Crippen LogP contribution in [-0.2, 0) is 0 Å². The summed E-state index contributed by atoms with van der Waals surface area (Å²) in [5.74, 6) is 0.431. The summed E-state index contributed by atoms with van der Waals surface area (Å²) in [7, 11) is 0. The molecule has 0 heterocycles. The fourth-order valence-corrected chi connectivity index (χ4v) is 3.82. The van der Waals surface area contributed by atoms with Crippen LogP contribution >= 0.6 is 0 Å². The van der Waals surface area contributed by atoms with Gasteiger partial charge < -0.3 is 5.73 Å². The Hall–Kier alpha value is -0.290. The fourth-order valence-electron chi connectivity index (χ4n) is 3.82. The van der Waals surface area contributed by atoms with Crippen molar-refractivity contribution in [3.05, 3.63) is 0 Å². The van der Waals surface area contributed by atoms with Crippen LogP contribution in [-0.4, -0.2) is 36.2 Å². The minimum atomic E-state index is -4.03. The molecule has 0 aromatic heterocycles. The molecule has 21 heavy (non-hydrogen) atoms. The van der Waals surface area contributed by atoms with E-state index in [1.54, 1.807) is 0 Å². The van der Waals surface area contributed by atoms with Crippen LogP contribution in [0.1, 0.15) is 51.4 Å². The topological polar surface area (TPSA) is 29.3 Å². The van der Waals surface area contributed by atoms with E-state index in [4.69, 9.17) is 5.73 Å². The summed E-state index contributed by atoms with van der Waals surface area (Å²) in [4.78, 5) is 2.49. The van der Waals surface area contributed by atoms with Gasteiger partial charge in [0, 0.05) is 25.2 Å². The third kappa shape index (κ3) is 3.73. The van der Waals surface area contributed by atoms with Gasteiger partial charge in [-0.2, -0.15) is 13.2 Å². The van der Waals surface area contributed by atoms with Gasteiger partial charge >= 0.3 is 6.18 Å². The second kappa shape index (κ2) is 5.73. The quantitative estimate of drug-likeness (QED) is 0.813. The van der Waals surface area contributed by atoms with Gasteiger partial charge in [-0.1, -0.05) is 0 Å². The molecule has 3 rings (SSSR count). The molecule has 0 saturated heterocycles. The molecule has 0 aromatic carbocycles. The van der Waals surface area contributed by atoms with Gasteiger partial charge in [0.25, 0.3) is 0 Å². The van der Waals surface area contributed by atoms with E-state index in [-0.39, 0.29) is 18.4 Å². The molecule has 3 aliphatic carbocycles. The van der Waals surface area contributed by atoms with Crippen molar-refractivity contribution in [2.75, 3.05) is 19.6 Å². The van der Waals surface area contributed by atoms with Crippen LogP contribution in [0.15, 0.2) is 0 Å². The third-order valence-electron chi connectivity index (χ3n) is 5.78. The summed E-state index contributed by atoms with van der Waals surface area (Å²) < 4.78 is 38.7. The summed E-state index contributed by atoms with van der Waals surface area (Å²) in [6.07, 6.45) is 2.86. The number of hydrogen-bond donors (Lipinski definition) is 1. The van der Waals surface area contributed by atoms with E-state index in [1.165, 1.54) is 25.7 Å². The van der Waals surface area contributed by atoms with Crippen molar-refractivity contribution >= 4 is 0 Å². The Labute approximate surface area is 125 Å². The lowest BCUT2D eigenvalue weighted by molar-refractivity contribution is -0.188. The highest BCUT2D eigenvalue weighted by molar-refractivity contribution is 4.99. The molecule has 0 atom stereocenters. The normalized spacial score (nSPS) is 34.4. The number of nitrogens with two attached hydrogens (primary N) is 1. The first kappa shape index (κ1) is 15.6. The lowest BCUT2D eigenvalue weighted by Crippen LogP contribution is -2.57. The van der Waals surface area contributed by atoms with Crippen molar-refractivity contribution in [2.24, 2.45) is 23.5 Å². The Morgan fingerprint density at radius 3 is 1.71 bits per heavy atom. The van der Waals surface area contributed by atoms with Crippen LogP contribution in [0.2, 0.25) is 0 Å². The van der Waals surface area contributed by atoms with Crippen LogP contribution < -0.4 is 5.73 Å². The summed E-state index contributed by atoms with van der Waals surface area (Å²) >= 11 is 0. The zero-order valence-corrected chi connectivity index (χ0v) is 12.7. The Morgan fingerprint density at radius 1 is 0.905 bits per heavy atom. The second-order valence-corrected chi connectivity index (χ2v) is 7.54. The number of halogens is 3. The van der Waals surface area contributed by atoms with Crippen LogP contribution in [0.4, 0.5) is 13.2 Å². The molecule has 0 aromatic rings. The van der Waals surface area contributed by atoms with Gasteiger partial charge in [-0.15, -0.1) is 0 Å². The molecule has 0 unspecified atom stereocenters. The van der Waals surface area contributed by atoms with E-state index in [9.17, 15) is 13.2 Å². The largest absolute Gasteiger partial charge is 0.391 e.